The molecule has 1 aliphatic rings. The topological polar surface area (TPSA) is 65.2 Å². The van der Waals surface area contributed by atoms with Gasteiger partial charge in [0.15, 0.2) is 0 Å². The van der Waals surface area contributed by atoms with E-state index in [-0.39, 0.29) is 0 Å². The standard InChI is InChI=1S/C10H11ClN2O2/c11-8-3-7(9(12)14)4-13-10(8)15-5-6-1-2-6/h3-4,6H,1-2,5H2,(H2,12,14). The average Bonchev–Trinajstić information content (AvgIpc) is 2.99. The van der Waals surface area contributed by atoms with Gasteiger partial charge in [0, 0.05) is 6.20 Å². The summed E-state index contributed by atoms with van der Waals surface area (Å²) in [5.74, 6) is 0.463. The van der Waals surface area contributed by atoms with Crippen LogP contribution in [0.3, 0.4) is 0 Å². The van der Waals surface area contributed by atoms with Crippen LogP contribution < -0.4 is 10.5 Å². The summed E-state index contributed by atoms with van der Waals surface area (Å²) in [5, 5.41) is 0.326. The van der Waals surface area contributed by atoms with Crippen LogP contribution in [0, 0.1) is 5.92 Å². The molecule has 0 aromatic carbocycles. The number of carbonyl (C=O) groups excluding carboxylic acids is 1. The molecule has 0 unspecified atom stereocenters. The van der Waals surface area contributed by atoms with Crippen molar-refractivity contribution in [2.24, 2.45) is 11.7 Å². The molecule has 80 valence electrons. The maximum absolute atomic E-state index is 10.8. The van der Waals surface area contributed by atoms with Crippen LogP contribution >= 0.6 is 11.6 Å². The van der Waals surface area contributed by atoms with Crippen molar-refractivity contribution in [2.45, 2.75) is 12.8 Å². The summed E-state index contributed by atoms with van der Waals surface area (Å²) in [6.07, 6.45) is 3.78. The Kier molecular flexibility index (Phi) is 2.77. The Morgan fingerprint density at radius 3 is 2.93 bits per heavy atom. The average molecular weight is 227 g/mol. The molecule has 0 spiro atoms. The second-order valence-electron chi connectivity index (χ2n) is 3.63. The van der Waals surface area contributed by atoms with E-state index in [9.17, 15) is 4.79 Å². The molecule has 2 N–H and O–H groups in total. The molecule has 4 nitrogen and oxygen atoms in total. The lowest BCUT2D eigenvalue weighted by atomic mass is 10.3. The van der Waals surface area contributed by atoms with Crippen LogP contribution in [0.4, 0.5) is 0 Å². The van der Waals surface area contributed by atoms with Gasteiger partial charge in [-0.1, -0.05) is 11.6 Å². The highest BCUT2D eigenvalue weighted by Crippen LogP contribution is 2.30. The highest BCUT2D eigenvalue weighted by atomic mass is 35.5. The molecule has 1 aromatic heterocycles. The quantitative estimate of drug-likeness (QED) is 0.849. The summed E-state index contributed by atoms with van der Waals surface area (Å²) in [6, 6.07) is 1.47. The highest BCUT2D eigenvalue weighted by Gasteiger charge is 2.22. The number of primary amides is 1. The van der Waals surface area contributed by atoms with Crippen molar-refractivity contribution in [2.75, 3.05) is 6.61 Å². The van der Waals surface area contributed by atoms with E-state index in [1.165, 1.54) is 25.1 Å². The van der Waals surface area contributed by atoms with Crippen LogP contribution in [-0.2, 0) is 0 Å². The number of halogens is 1. The summed E-state index contributed by atoms with van der Waals surface area (Å²) in [4.78, 5) is 14.8. The molecule has 15 heavy (non-hydrogen) atoms. The maximum atomic E-state index is 10.8. The number of nitrogens with two attached hydrogens (primary N) is 1. The molecule has 1 aromatic rings. The molecule has 1 saturated carbocycles. The predicted molar refractivity (Wildman–Crippen MR) is 56.0 cm³/mol. The summed E-state index contributed by atoms with van der Waals surface area (Å²) in [5.41, 5.74) is 5.38. The number of hydrogen-bond acceptors (Lipinski definition) is 3. The molecular formula is C10H11ClN2O2. The van der Waals surface area contributed by atoms with Crippen molar-refractivity contribution in [3.05, 3.63) is 22.8 Å². The zero-order valence-electron chi connectivity index (χ0n) is 8.07. The van der Waals surface area contributed by atoms with E-state index in [0.717, 1.165) is 0 Å². The molecule has 0 saturated heterocycles. The van der Waals surface area contributed by atoms with Crippen LogP contribution in [0.1, 0.15) is 23.2 Å². The van der Waals surface area contributed by atoms with Crippen molar-refractivity contribution < 1.29 is 9.53 Å². The fourth-order valence-electron chi connectivity index (χ4n) is 1.15. The largest absolute Gasteiger partial charge is 0.476 e. The van der Waals surface area contributed by atoms with Gasteiger partial charge in [-0.25, -0.2) is 4.98 Å². The smallest absolute Gasteiger partial charge is 0.250 e. The minimum absolute atomic E-state index is 0.291. The van der Waals surface area contributed by atoms with E-state index in [4.69, 9.17) is 22.1 Å². The van der Waals surface area contributed by atoms with Gasteiger partial charge in [0.2, 0.25) is 11.8 Å². The van der Waals surface area contributed by atoms with Crippen molar-refractivity contribution in [3.63, 3.8) is 0 Å². The zero-order chi connectivity index (χ0) is 10.8. The number of aromatic nitrogens is 1. The van der Waals surface area contributed by atoms with Crippen LogP contribution in [0.25, 0.3) is 0 Å². The maximum Gasteiger partial charge on any atom is 0.250 e. The molecule has 2 rings (SSSR count). The van der Waals surface area contributed by atoms with E-state index in [0.29, 0.717) is 29.0 Å². The first-order chi connectivity index (χ1) is 7.16. The molecule has 1 fully saturated rings. The van der Waals surface area contributed by atoms with Gasteiger partial charge in [-0.3, -0.25) is 4.79 Å². The van der Waals surface area contributed by atoms with Gasteiger partial charge in [-0.2, -0.15) is 0 Å². The lowest BCUT2D eigenvalue weighted by Gasteiger charge is -2.06. The van der Waals surface area contributed by atoms with E-state index < -0.39 is 5.91 Å². The molecule has 1 amide bonds. The monoisotopic (exact) mass is 226 g/mol. The van der Waals surface area contributed by atoms with Crippen molar-refractivity contribution in [3.8, 4) is 5.88 Å². The SMILES string of the molecule is NC(=O)c1cnc(OCC2CC2)c(Cl)c1. The van der Waals surface area contributed by atoms with Gasteiger partial charge >= 0.3 is 0 Å². The van der Waals surface area contributed by atoms with Crippen LogP contribution in [0.2, 0.25) is 5.02 Å². The predicted octanol–water partition coefficient (Wildman–Crippen LogP) is 1.62. The van der Waals surface area contributed by atoms with Crippen molar-refractivity contribution in [1.29, 1.82) is 0 Å². The van der Waals surface area contributed by atoms with E-state index >= 15 is 0 Å². The van der Waals surface area contributed by atoms with Gasteiger partial charge in [0.1, 0.15) is 5.02 Å². The van der Waals surface area contributed by atoms with Crippen LogP contribution in [-0.4, -0.2) is 17.5 Å². The Morgan fingerprint density at radius 1 is 1.67 bits per heavy atom. The first kappa shape index (κ1) is 10.2. The van der Waals surface area contributed by atoms with E-state index in [1.807, 2.05) is 0 Å². The Morgan fingerprint density at radius 2 is 2.40 bits per heavy atom. The van der Waals surface area contributed by atoms with Crippen molar-refractivity contribution in [1.82, 2.24) is 4.98 Å². The Hall–Kier alpha value is -1.29. The van der Waals surface area contributed by atoms with Crippen molar-refractivity contribution >= 4 is 17.5 Å². The minimum Gasteiger partial charge on any atom is -0.476 e. The summed E-state index contributed by atoms with van der Waals surface area (Å²) < 4.78 is 5.40. The Bertz CT molecular complexity index is 391. The number of hydrogen-bond donors (Lipinski definition) is 1. The molecule has 0 atom stereocenters. The molecule has 0 aliphatic heterocycles. The third-order valence-electron chi connectivity index (χ3n) is 2.24. The number of rotatable bonds is 4. The fourth-order valence-corrected chi connectivity index (χ4v) is 1.37. The summed E-state index contributed by atoms with van der Waals surface area (Å²) in [7, 11) is 0. The number of pyridine rings is 1. The van der Waals surface area contributed by atoms with Crippen LogP contribution in [0.15, 0.2) is 12.3 Å². The normalized spacial score (nSPS) is 15.0. The summed E-state index contributed by atoms with van der Waals surface area (Å²) >= 11 is 5.88. The van der Waals surface area contributed by atoms with Gasteiger partial charge in [-0.15, -0.1) is 0 Å². The van der Waals surface area contributed by atoms with E-state index in [2.05, 4.69) is 4.98 Å². The van der Waals surface area contributed by atoms with Gasteiger partial charge in [0.25, 0.3) is 0 Å². The summed E-state index contributed by atoms with van der Waals surface area (Å²) in [6.45, 7) is 0.642. The molecule has 1 heterocycles. The third kappa shape index (κ3) is 2.59. The molecule has 5 heteroatoms. The minimum atomic E-state index is -0.543. The number of carbonyl (C=O) groups is 1. The van der Waals surface area contributed by atoms with Gasteiger partial charge < -0.3 is 10.5 Å². The lowest BCUT2D eigenvalue weighted by molar-refractivity contribution is 0.1000. The highest BCUT2D eigenvalue weighted by molar-refractivity contribution is 6.32. The number of amides is 1. The number of nitrogens with zero attached hydrogens (tertiary/aromatic N) is 1. The second kappa shape index (κ2) is 4.06. The second-order valence-corrected chi connectivity index (χ2v) is 4.04. The zero-order valence-corrected chi connectivity index (χ0v) is 8.83. The Labute approximate surface area is 92.4 Å². The van der Waals surface area contributed by atoms with Gasteiger partial charge in [0.05, 0.1) is 12.2 Å². The molecule has 0 radical (unpaired) electrons. The lowest BCUT2D eigenvalue weighted by Crippen LogP contribution is -2.11. The first-order valence-corrected chi connectivity index (χ1v) is 5.13. The third-order valence-corrected chi connectivity index (χ3v) is 2.52. The number of ether oxygens (including phenoxy) is 1. The first-order valence-electron chi connectivity index (χ1n) is 4.75. The molecular weight excluding hydrogens is 216 g/mol. The van der Waals surface area contributed by atoms with Crippen LogP contribution in [0.5, 0.6) is 5.88 Å². The van der Waals surface area contributed by atoms with E-state index in [1.54, 1.807) is 0 Å². The molecule has 1 aliphatic carbocycles. The van der Waals surface area contributed by atoms with Gasteiger partial charge in [-0.05, 0) is 24.8 Å². The fraction of sp³-hybridized carbons (Fsp3) is 0.400. The Balaban J connectivity index is 2.07. The molecule has 0 bridgehead atoms.